The number of esters is 2. The summed E-state index contributed by atoms with van der Waals surface area (Å²) in [5.41, 5.74) is 25.9. The van der Waals surface area contributed by atoms with E-state index in [2.05, 4.69) is 52.2 Å². The molecule has 1 unspecified atom stereocenters. The molecule has 0 saturated carbocycles. The monoisotopic (exact) mass is 1250 g/mol. The number of imide groups is 1. The second kappa shape index (κ2) is 32.2. The highest BCUT2D eigenvalue weighted by Crippen LogP contribution is 2.44. The number of aromatic nitrogens is 2. The Balaban J connectivity index is 1.22. The Bertz CT molecular complexity index is 3200. The Kier molecular flexibility index (Phi) is 24.9. The number of carbonyl (C=O) groups excluding carboxylic acids is 12. The Morgan fingerprint density at radius 1 is 0.778 bits per heavy atom. The Morgan fingerprint density at radius 3 is 2.08 bits per heavy atom. The zero-order valence-electron chi connectivity index (χ0n) is 51.3. The topological polar surface area (TPSA) is 456 Å². The van der Waals surface area contributed by atoms with Gasteiger partial charge in [-0.15, -0.1) is 4.48 Å². The molecule has 16 N–H and O–H groups in total. The van der Waals surface area contributed by atoms with Crippen LogP contribution in [0.5, 0.6) is 5.75 Å². The lowest BCUT2D eigenvalue weighted by Gasteiger charge is -2.31. The van der Waals surface area contributed by atoms with Gasteiger partial charge in [-0.1, -0.05) is 38.1 Å². The molecular formula is C60H83N16O14+. The lowest BCUT2D eigenvalue weighted by molar-refractivity contribution is -0.145. The van der Waals surface area contributed by atoms with E-state index < -0.39 is 125 Å². The summed E-state index contributed by atoms with van der Waals surface area (Å²) in [6.45, 7) is 8.93. The molecule has 0 bridgehead atoms. The van der Waals surface area contributed by atoms with E-state index in [4.69, 9.17) is 32.4 Å². The minimum absolute atomic E-state index is 0.0336. The molecule has 3 aromatic rings. The van der Waals surface area contributed by atoms with Crippen molar-refractivity contribution >= 4 is 88.2 Å². The molecule has 1 aromatic heterocycles. The van der Waals surface area contributed by atoms with Gasteiger partial charge in [0.05, 0.1) is 12.4 Å². The molecule has 3 aliphatic rings. The molecule has 10 amide bonds. The third-order valence-electron chi connectivity index (χ3n) is 15.2. The number of amides is 10. The number of likely N-dealkylation sites (tertiary alicyclic amines) is 1. The summed E-state index contributed by atoms with van der Waals surface area (Å²) < 4.78 is 9.32. The minimum Gasteiger partial charge on any atom is -0.463 e. The summed E-state index contributed by atoms with van der Waals surface area (Å²) in [4.78, 5) is 177. The highest BCUT2D eigenvalue weighted by atomic mass is 16.5. The molecule has 0 radical (unpaired) electrons. The molecule has 0 aliphatic carbocycles. The Hall–Kier alpha value is -9.42. The number of nitrogens with zero attached hydrogens (tertiary/aromatic N) is 4. The van der Waals surface area contributed by atoms with Gasteiger partial charge in [-0.2, -0.15) is 0 Å². The number of nitrogens with two attached hydrogens (primary N) is 4. The normalized spacial score (nSPS) is 19.0. The van der Waals surface area contributed by atoms with Gasteiger partial charge in [0, 0.05) is 88.3 Å². The molecule has 2 aromatic carbocycles. The van der Waals surface area contributed by atoms with Crippen LogP contribution in [0, 0.1) is 5.92 Å². The van der Waals surface area contributed by atoms with Crippen LogP contribution >= 0.6 is 0 Å². The number of likely N-dealkylation sites (N-methyl/N-ethyl adjacent to an activating group) is 1. The van der Waals surface area contributed by atoms with Crippen molar-refractivity contribution in [1.82, 2.24) is 56.6 Å². The van der Waals surface area contributed by atoms with Crippen LogP contribution in [0.2, 0.25) is 0 Å². The van der Waals surface area contributed by atoms with Gasteiger partial charge in [-0.25, -0.2) is 14.6 Å². The standard InChI is InChI=1S/C60H82N16O14/c1-7-66-56(85)48-14-11-23-75(48)57(86)43(13-10-22-67-60(63)64)71-54(83)45(24-32(2)3)72-51(80)33(4)69-53(82)46(25-36-16-18-39(19-17-36)90-35(6)78)73-55(84)47(30-89-34(5)77)74-52(81)41(61)26-37-29-76(49-15-9-8-12-40(37)49,59(88)44-20-21-50(79)70-44)58(87)42(62)27-38-28-65-31-68-38/h8-9,12,15-19,28-29,31-33,41-48H,7,10-11,13-14,20-27,30,61-62H2,1-6H3,(H11-,63,64,65,66,67,68,69,70,71,72,73,74,79,80,81,82,83,84,85)/p+1/t33-,41+,42+,43+,44+,45+,46+,47+,48+,76?/m1/s1. The number of H-pyrrole nitrogens is 1. The van der Waals surface area contributed by atoms with Crippen molar-refractivity contribution in [2.75, 3.05) is 26.2 Å². The van der Waals surface area contributed by atoms with E-state index in [0.717, 1.165) is 6.92 Å². The zero-order chi connectivity index (χ0) is 66.0. The third kappa shape index (κ3) is 18.6. The molecule has 4 heterocycles. The maximum absolute atomic E-state index is 14.7. The van der Waals surface area contributed by atoms with Crippen LogP contribution in [-0.2, 0) is 75.1 Å². The first-order valence-corrected chi connectivity index (χ1v) is 29.9. The summed E-state index contributed by atoms with van der Waals surface area (Å²) in [5, 5.41) is 18.5. The van der Waals surface area contributed by atoms with E-state index in [9.17, 15) is 57.5 Å². The molecule has 3 aliphatic heterocycles. The van der Waals surface area contributed by atoms with Crippen LogP contribution in [0.15, 0.2) is 72.2 Å². The number of hydrogen-bond acceptors (Lipinski definition) is 18. The van der Waals surface area contributed by atoms with E-state index in [1.165, 1.54) is 61.7 Å². The maximum Gasteiger partial charge on any atom is 0.353 e. The number of quaternary nitrogens is 1. The molecule has 486 valence electrons. The summed E-state index contributed by atoms with van der Waals surface area (Å²) in [7, 11) is 0. The third-order valence-corrected chi connectivity index (χ3v) is 15.2. The van der Waals surface area contributed by atoms with Crippen LogP contribution in [0.25, 0.3) is 5.57 Å². The summed E-state index contributed by atoms with van der Waals surface area (Å²) >= 11 is 0. The Labute approximate surface area is 520 Å². The fraction of sp³-hybridized carbons (Fsp3) is 0.500. The van der Waals surface area contributed by atoms with Gasteiger partial charge in [-0.3, -0.25) is 52.9 Å². The predicted octanol–water partition coefficient (Wildman–Crippen LogP) is -1.91. The van der Waals surface area contributed by atoms with Crippen LogP contribution in [0.1, 0.15) is 110 Å². The lowest BCUT2D eigenvalue weighted by Crippen LogP contribution is -2.64. The number of aromatic amines is 1. The largest absolute Gasteiger partial charge is 0.463 e. The summed E-state index contributed by atoms with van der Waals surface area (Å²) in [5.74, 6) is -8.87. The molecule has 30 nitrogen and oxygen atoms in total. The van der Waals surface area contributed by atoms with Crippen LogP contribution < -0.4 is 69.4 Å². The van der Waals surface area contributed by atoms with Gasteiger partial charge in [0.2, 0.25) is 47.3 Å². The van der Waals surface area contributed by atoms with E-state index in [-0.39, 0.29) is 105 Å². The molecule has 2 fully saturated rings. The van der Waals surface area contributed by atoms with Gasteiger partial charge in [0.1, 0.15) is 66.9 Å². The van der Waals surface area contributed by atoms with E-state index in [0.29, 0.717) is 36.2 Å². The van der Waals surface area contributed by atoms with Crippen molar-refractivity contribution in [2.45, 2.75) is 160 Å². The smallest absolute Gasteiger partial charge is 0.353 e. The van der Waals surface area contributed by atoms with Gasteiger partial charge < -0.3 is 79.5 Å². The number of guanidine groups is 1. The fourth-order valence-electron chi connectivity index (χ4n) is 10.9. The summed E-state index contributed by atoms with van der Waals surface area (Å²) in [6, 6.07) is 0.601. The Morgan fingerprint density at radius 2 is 1.44 bits per heavy atom. The van der Waals surface area contributed by atoms with E-state index in [1.54, 1.807) is 45.0 Å². The molecule has 0 spiro atoms. The summed E-state index contributed by atoms with van der Waals surface area (Å²) in [6.07, 6.45) is 5.08. The maximum atomic E-state index is 14.7. The second-order valence-corrected chi connectivity index (χ2v) is 22.8. The predicted molar refractivity (Wildman–Crippen MR) is 326 cm³/mol. The molecule has 6 rings (SSSR count). The van der Waals surface area contributed by atoms with Gasteiger partial charge in [-0.05, 0) is 82.1 Å². The number of imidazole rings is 1. The fourth-order valence-corrected chi connectivity index (χ4v) is 10.9. The molecule has 10 atom stereocenters. The van der Waals surface area contributed by atoms with Crippen LogP contribution in [0.3, 0.4) is 0 Å². The van der Waals surface area contributed by atoms with Gasteiger partial charge in [0.15, 0.2) is 11.6 Å². The number of benzene rings is 2. The van der Waals surface area contributed by atoms with E-state index in [1.807, 2.05) is 0 Å². The van der Waals surface area contributed by atoms with Crippen molar-refractivity contribution in [2.24, 2.45) is 33.8 Å². The van der Waals surface area contributed by atoms with Crippen molar-refractivity contribution in [3.63, 3.8) is 0 Å². The quantitative estimate of drug-likeness (QED) is 0.00865. The number of para-hydroxylation sites is 1. The zero-order valence-corrected chi connectivity index (χ0v) is 51.3. The number of nitrogens with one attached hydrogen (secondary N) is 8. The molecule has 90 heavy (non-hydrogen) atoms. The molecule has 30 heteroatoms. The number of hydrogen-bond donors (Lipinski definition) is 12. The average Bonchev–Trinajstić information content (AvgIpc) is 1.57. The first kappa shape index (κ1) is 69.7. The van der Waals surface area contributed by atoms with Crippen molar-refractivity contribution in [3.8, 4) is 5.75 Å². The highest BCUT2D eigenvalue weighted by Gasteiger charge is 2.56. The number of carbonyl (C=O) groups is 12. The highest BCUT2D eigenvalue weighted by molar-refractivity contribution is 6.19. The minimum atomic E-state index is -1.73. The number of rotatable bonds is 30. The average molecular weight is 1250 g/mol. The van der Waals surface area contributed by atoms with Gasteiger partial charge >= 0.3 is 23.8 Å². The molecule has 2 saturated heterocycles. The molecular weight excluding hydrogens is 1170 g/mol. The number of aliphatic imine (C=N–C) groups is 1. The van der Waals surface area contributed by atoms with Crippen molar-refractivity contribution < 1.29 is 67.0 Å². The number of ether oxygens (including phenoxy) is 2. The lowest BCUT2D eigenvalue weighted by atomic mass is 9.99. The first-order chi connectivity index (χ1) is 42.7. The second-order valence-electron chi connectivity index (χ2n) is 22.8. The van der Waals surface area contributed by atoms with Crippen molar-refractivity contribution in [1.29, 1.82) is 0 Å². The SMILES string of the molecule is CCNC(=O)[C@@H]1CCCN1C(=O)[C@H](CCCN=C(N)N)NC(=O)[C@H](CC(C)C)NC(=O)[C@@H](C)NC(=O)[C@H](Cc1ccc(OC(C)=O)cc1)NC(=O)[C@H](COC(C)=O)NC(=O)[C@@H](N)CC1=C[N+](C(=O)[C@@H]2CCC(=O)N2)(C(=O)[C@@H](N)Cc2cnc[nH]2)c2ccccc21. The first-order valence-electron chi connectivity index (χ1n) is 29.9. The van der Waals surface area contributed by atoms with Gasteiger partial charge in [0.25, 0.3) is 0 Å². The van der Waals surface area contributed by atoms with E-state index >= 15 is 0 Å². The van der Waals surface area contributed by atoms with Crippen molar-refractivity contribution in [3.05, 3.63) is 84.1 Å². The van der Waals surface area contributed by atoms with Crippen LogP contribution in [0.4, 0.5) is 5.69 Å². The van der Waals surface area contributed by atoms with Crippen LogP contribution in [-0.4, -0.2) is 172 Å². The number of fused-ring (bicyclic) bond motifs is 1.